The van der Waals surface area contributed by atoms with E-state index in [1.807, 2.05) is 6.92 Å². The molecular weight excluding hydrogens is 244 g/mol. The van der Waals surface area contributed by atoms with Gasteiger partial charge in [-0.15, -0.1) is 11.3 Å². The zero-order chi connectivity index (χ0) is 12.5. The minimum absolute atomic E-state index is 0.797. The Morgan fingerprint density at radius 3 is 3.06 bits per heavy atom. The topological polar surface area (TPSA) is 53.6 Å². The van der Waals surface area contributed by atoms with Crippen molar-refractivity contribution in [2.45, 2.75) is 20.4 Å². The van der Waals surface area contributed by atoms with E-state index in [-0.39, 0.29) is 0 Å². The molecule has 18 heavy (non-hydrogen) atoms. The molecule has 0 aromatic carbocycles. The summed E-state index contributed by atoms with van der Waals surface area (Å²) in [5.74, 6) is 0.878. The number of nitrogens with one attached hydrogen (secondary N) is 2. The molecule has 92 valence electrons. The number of aromatic amines is 1. The molecule has 0 fully saturated rings. The van der Waals surface area contributed by atoms with E-state index in [0.717, 1.165) is 29.1 Å². The van der Waals surface area contributed by atoms with Gasteiger partial charge < -0.3 is 5.32 Å². The summed E-state index contributed by atoms with van der Waals surface area (Å²) >= 11 is 1.74. The molecule has 0 radical (unpaired) electrons. The van der Waals surface area contributed by atoms with Crippen molar-refractivity contribution in [3.8, 4) is 0 Å². The van der Waals surface area contributed by atoms with E-state index < -0.39 is 0 Å². The number of hydrogen-bond acceptors (Lipinski definition) is 4. The Morgan fingerprint density at radius 1 is 1.39 bits per heavy atom. The second-order valence-corrected chi connectivity index (χ2v) is 5.34. The number of pyridine rings is 1. The second kappa shape index (κ2) is 4.42. The first kappa shape index (κ1) is 11.2. The van der Waals surface area contributed by atoms with Crippen molar-refractivity contribution < 1.29 is 0 Å². The fourth-order valence-electron chi connectivity index (χ4n) is 2.09. The molecule has 0 unspecified atom stereocenters. The van der Waals surface area contributed by atoms with Gasteiger partial charge in [-0.25, -0.2) is 4.98 Å². The maximum Gasteiger partial charge on any atom is 0.157 e. The summed E-state index contributed by atoms with van der Waals surface area (Å²) in [4.78, 5) is 5.74. The van der Waals surface area contributed by atoms with Crippen molar-refractivity contribution in [3.63, 3.8) is 0 Å². The van der Waals surface area contributed by atoms with Crippen molar-refractivity contribution >= 4 is 28.2 Å². The number of anilines is 1. The Labute approximate surface area is 109 Å². The highest BCUT2D eigenvalue weighted by atomic mass is 32.1. The van der Waals surface area contributed by atoms with E-state index in [0.29, 0.717) is 0 Å². The van der Waals surface area contributed by atoms with Gasteiger partial charge in [0.2, 0.25) is 0 Å². The first-order valence-electron chi connectivity index (χ1n) is 5.82. The van der Waals surface area contributed by atoms with Crippen molar-refractivity contribution in [1.29, 1.82) is 0 Å². The smallest absolute Gasteiger partial charge is 0.157 e. The zero-order valence-electron chi connectivity index (χ0n) is 10.3. The normalized spacial score (nSPS) is 11.0. The lowest BCUT2D eigenvalue weighted by atomic mass is 10.2. The molecule has 2 N–H and O–H groups in total. The summed E-state index contributed by atoms with van der Waals surface area (Å²) in [5.41, 5.74) is 3.05. The fraction of sp³-hybridized carbons (Fsp3) is 0.231. The number of thiophene rings is 1. The second-order valence-electron chi connectivity index (χ2n) is 4.31. The van der Waals surface area contributed by atoms with Crippen molar-refractivity contribution in [2.24, 2.45) is 0 Å². The van der Waals surface area contributed by atoms with Crippen LogP contribution >= 0.6 is 11.3 Å². The Hall–Kier alpha value is -1.88. The van der Waals surface area contributed by atoms with Crippen molar-refractivity contribution in [3.05, 3.63) is 39.7 Å². The lowest BCUT2D eigenvalue weighted by Crippen LogP contribution is -1.98. The van der Waals surface area contributed by atoms with Crippen LogP contribution in [0.25, 0.3) is 11.0 Å². The molecule has 0 spiro atoms. The summed E-state index contributed by atoms with van der Waals surface area (Å²) in [6.45, 7) is 4.87. The quantitative estimate of drug-likeness (QED) is 0.758. The molecule has 0 aliphatic rings. The maximum absolute atomic E-state index is 4.45. The highest BCUT2D eigenvalue weighted by molar-refractivity contribution is 7.09. The lowest BCUT2D eigenvalue weighted by Gasteiger charge is -2.03. The highest BCUT2D eigenvalue weighted by Gasteiger charge is 2.09. The minimum atomic E-state index is 0.797. The highest BCUT2D eigenvalue weighted by Crippen LogP contribution is 2.24. The number of H-pyrrole nitrogens is 1. The van der Waals surface area contributed by atoms with Gasteiger partial charge in [-0.3, -0.25) is 5.10 Å². The van der Waals surface area contributed by atoms with Crippen LogP contribution in [-0.2, 0) is 6.54 Å². The Bertz CT molecular complexity index is 670. The van der Waals surface area contributed by atoms with Gasteiger partial charge in [0.05, 0.1) is 11.9 Å². The van der Waals surface area contributed by atoms with Crippen LogP contribution in [0.3, 0.4) is 0 Å². The predicted molar refractivity (Wildman–Crippen MR) is 75.0 cm³/mol. The van der Waals surface area contributed by atoms with E-state index in [4.69, 9.17) is 0 Å². The molecule has 5 heteroatoms. The van der Waals surface area contributed by atoms with E-state index >= 15 is 0 Å². The van der Waals surface area contributed by atoms with Crippen molar-refractivity contribution in [2.75, 3.05) is 5.32 Å². The largest absolute Gasteiger partial charge is 0.363 e. The van der Waals surface area contributed by atoms with Crippen LogP contribution in [0.4, 0.5) is 5.82 Å². The molecule has 0 aliphatic carbocycles. The van der Waals surface area contributed by atoms with E-state index in [1.165, 1.54) is 10.4 Å². The Morgan fingerprint density at radius 2 is 2.28 bits per heavy atom. The third-order valence-electron chi connectivity index (χ3n) is 2.87. The Kier molecular flexibility index (Phi) is 2.76. The molecule has 3 heterocycles. The monoisotopic (exact) mass is 258 g/mol. The van der Waals surface area contributed by atoms with E-state index in [9.17, 15) is 0 Å². The number of aryl methyl sites for hydroxylation is 2. The first-order valence-corrected chi connectivity index (χ1v) is 6.70. The summed E-state index contributed by atoms with van der Waals surface area (Å²) in [6, 6.07) is 6.25. The maximum atomic E-state index is 4.45. The molecule has 3 rings (SSSR count). The fourth-order valence-corrected chi connectivity index (χ4v) is 2.74. The molecule has 0 atom stereocenters. The number of aromatic nitrogens is 3. The van der Waals surface area contributed by atoms with Crippen LogP contribution in [0, 0.1) is 13.8 Å². The minimum Gasteiger partial charge on any atom is -0.363 e. The summed E-state index contributed by atoms with van der Waals surface area (Å²) in [7, 11) is 0. The van der Waals surface area contributed by atoms with Crippen LogP contribution < -0.4 is 5.32 Å². The third-order valence-corrected chi connectivity index (χ3v) is 3.74. The van der Waals surface area contributed by atoms with Crippen LogP contribution in [0.2, 0.25) is 0 Å². The lowest BCUT2D eigenvalue weighted by molar-refractivity contribution is 1.06. The van der Waals surface area contributed by atoms with Gasteiger partial charge in [-0.05, 0) is 36.9 Å². The number of hydrogen-bond donors (Lipinski definition) is 2. The van der Waals surface area contributed by atoms with Gasteiger partial charge in [-0.1, -0.05) is 6.07 Å². The molecule has 0 bridgehead atoms. The molecule has 0 saturated carbocycles. The average Bonchev–Trinajstić information content (AvgIpc) is 2.94. The van der Waals surface area contributed by atoms with Gasteiger partial charge in [0, 0.05) is 10.6 Å². The standard InChI is InChI=1S/C13H14N4S/c1-8-6-9(2)15-13-11(8)12(16-17-13)14-7-10-4-3-5-18-10/h3-6H,7H2,1-2H3,(H2,14,15,16,17). The number of rotatable bonds is 3. The molecule has 0 aliphatic heterocycles. The van der Waals surface area contributed by atoms with E-state index in [2.05, 4.69) is 51.0 Å². The third kappa shape index (κ3) is 1.97. The number of fused-ring (bicyclic) bond motifs is 1. The van der Waals surface area contributed by atoms with Crippen LogP contribution in [-0.4, -0.2) is 15.2 Å². The van der Waals surface area contributed by atoms with Crippen LogP contribution in [0.15, 0.2) is 23.6 Å². The number of nitrogens with zero attached hydrogens (tertiary/aromatic N) is 2. The molecular formula is C13H14N4S. The molecule has 0 saturated heterocycles. The average molecular weight is 258 g/mol. The Balaban J connectivity index is 1.93. The van der Waals surface area contributed by atoms with Gasteiger partial charge in [0.15, 0.2) is 11.5 Å². The van der Waals surface area contributed by atoms with Gasteiger partial charge in [0.1, 0.15) is 0 Å². The van der Waals surface area contributed by atoms with Crippen molar-refractivity contribution in [1.82, 2.24) is 15.2 Å². The zero-order valence-corrected chi connectivity index (χ0v) is 11.1. The molecule has 3 aromatic rings. The van der Waals surface area contributed by atoms with Crippen LogP contribution in [0.1, 0.15) is 16.1 Å². The summed E-state index contributed by atoms with van der Waals surface area (Å²) in [6.07, 6.45) is 0. The van der Waals surface area contributed by atoms with E-state index in [1.54, 1.807) is 11.3 Å². The summed E-state index contributed by atoms with van der Waals surface area (Å²) in [5, 5.41) is 13.8. The van der Waals surface area contributed by atoms with Gasteiger partial charge >= 0.3 is 0 Å². The van der Waals surface area contributed by atoms with Gasteiger partial charge in [-0.2, -0.15) is 5.10 Å². The molecule has 4 nitrogen and oxygen atoms in total. The molecule has 0 amide bonds. The predicted octanol–water partition coefficient (Wildman–Crippen LogP) is 3.25. The SMILES string of the molecule is Cc1cc(C)c2c(NCc3cccs3)n[nH]c2n1. The van der Waals surface area contributed by atoms with Crippen LogP contribution in [0.5, 0.6) is 0 Å². The van der Waals surface area contributed by atoms with Gasteiger partial charge in [0.25, 0.3) is 0 Å². The molecule has 3 aromatic heterocycles. The first-order chi connectivity index (χ1) is 8.74. The summed E-state index contributed by atoms with van der Waals surface area (Å²) < 4.78 is 0.